The molecule has 0 N–H and O–H groups in total. The summed E-state index contributed by atoms with van der Waals surface area (Å²) in [6.45, 7) is 4.34. The highest BCUT2D eigenvalue weighted by atomic mass is 16.7. The standard InChI is InChI=1S/C12H18O6/c1-2-14-10(6-13-1)12-7-17-9(5-18-12)11(12)16-4-8-3-15-8/h8-11H,1-7H2. The molecule has 2 bridgehead atoms. The number of rotatable bonds is 4. The smallest absolute Gasteiger partial charge is 0.148 e. The number of hydrogen-bond donors (Lipinski definition) is 0. The fraction of sp³-hybridized carbons (Fsp3) is 1.00. The molecule has 6 heteroatoms. The predicted molar refractivity (Wildman–Crippen MR) is 58.5 cm³/mol. The molecule has 0 saturated carbocycles. The van der Waals surface area contributed by atoms with Gasteiger partial charge in [0.15, 0.2) is 0 Å². The molecule has 4 heterocycles. The van der Waals surface area contributed by atoms with Crippen molar-refractivity contribution in [3.8, 4) is 0 Å². The van der Waals surface area contributed by atoms with E-state index >= 15 is 0 Å². The molecule has 0 radical (unpaired) electrons. The van der Waals surface area contributed by atoms with Crippen LogP contribution in [-0.2, 0) is 28.4 Å². The molecule has 18 heavy (non-hydrogen) atoms. The highest BCUT2D eigenvalue weighted by Gasteiger charge is 2.62. The molecule has 5 unspecified atom stereocenters. The summed E-state index contributed by atoms with van der Waals surface area (Å²) >= 11 is 0. The molecule has 4 aliphatic rings. The van der Waals surface area contributed by atoms with Crippen molar-refractivity contribution in [2.24, 2.45) is 0 Å². The molecule has 0 aliphatic carbocycles. The molecule has 102 valence electrons. The van der Waals surface area contributed by atoms with Gasteiger partial charge in [0.1, 0.15) is 30.0 Å². The van der Waals surface area contributed by atoms with Crippen LogP contribution in [0.1, 0.15) is 0 Å². The summed E-state index contributed by atoms with van der Waals surface area (Å²) in [4.78, 5) is 0. The maximum Gasteiger partial charge on any atom is 0.148 e. The van der Waals surface area contributed by atoms with E-state index in [2.05, 4.69) is 0 Å². The lowest BCUT2D eigenvalue weighted by molar-refractivity contribution is -0.215. The second-order valence-electron chi connectivity index (χ2n) is 5.26. The van der Waals surface area contributed by atoms with Crippen LogP contribution in [0.25, 0.3) is 0 Å². The second kappa shape index (κ2) is 4.40. The monoisotopic (exact) mass is 258 g/mol. The van der Waals surface area contributed by atoms with Gasteiger partial charge in [-0.1, -0.05) is 0 Å². The quantitative estimate of drug-likeness (QED) is 0.625. The van der Waals surface area contributed by atoms with Gasteiger partial charge < -0.3 is 28.4 Å². The number of epoxide rings is 1. The maximum atomic E-state index is 5.96. The highest BCUT2D eigenvalue weighted by Crippen LogP contribution is 2.42. The first-order valence-corrected chi connectivity index (χ1v) is 6.56. The van der Waals surface area contributed by atoms with Crippen molar-refractivity contribution in [1.82, 2.24) is 0 Å². The number of fused-ring (bicyclic) bond motifs is 2. The maximum absolute atomic E-state index is 5.96. The zero-order valence-electron chi connectivity index (χ0n) is 10.2. The summed E-state index contributed by atoms with van der Waals surface area (Å²) in [5.74, 6) is 0. The molecule has 6 nitrogen and oxygen atoms in total. The van der Waals surface area contributed by atoms with E-state index in [4.69, 9.17) is 28.4 Å². The van der Waals surface area contributed by atoms with E-state index in [0.717, 1.165) is 6.61 Å². The van der Waals surface area contributed by atoms with E-state index in [1.165, 1.54) is 0 Å². The van der Waals surface area contributed by atoms with E-state index in [1.54, 1.807) is 0 Å². The van der Waals surface area contributed by atoms with Crippen molar-refractivity contribution >= 4 is 0 Å². The summed E-state index contributed by atoms with van der Waals surface area (Å²) in [6.07, 6.45) is 0.122. The van der Waals surface area contributed by atoms with Crippen LogP contribution < -0.4 is 0 Å². The van der Waals surface area contributed by atoms with Gasteiger partial charge in [-0.3, -0.25) is 0 Å². The lowest BCUT2D eigenvalue weighted by atomic mass is 9.92. The minimum absolute atomic E-state index is 0.0225. The average molecular weight is 258 g/mol. The molecule has 4 fully saturated rings. The van der Waals surface area contributed by atoms with Crippen molar-refractivity contribution in [2.45, 2.75) is 30.0 Å². The van der Waals surface area contributed by atoms with Gasteiger partial charge in [0.2, 0.25) is 0 Å². The Morgan fingerprint density at radius 3 is 2.67 bits per heavy atom. The second-order valence-corrected chi connectivity index (χ2v) is 5.26. The SMILES string of the molecule is C1COC(C23COC(CO2)C3OCC2CO2)CO1. The molecular formula is C12H18O6. The molecule has 0 aromatic heterocycles. The molecule has 4 rings (SSSR count). The van der Waals surface area contributed by atoms with E-state index in [9.17, 15) is 0 Å². The van der Waals surface area contributed by atoms with Crippen LogP contribution in [0.4, 0.5) is 0 Å². The summed E-state index contributed by atoms with van der Waals surface area (Å²) in [6, 6.07) is 0. The van der Waals surface area contributed by atoms with Crippen molar-refractivity contribution in [2.75, 3.05) is 46.2 Å². The Morgan fingerprint density at radius 2 is 2.00 bits per heavy atom. The minimum atomic E-state index is -0.486. The lowest BCUT2D eigenvalue weighted by Crippen LogP contribution is -2.56. The molecule has 0 aromatic rings. The summed E-state index contributed by atoms with van der Waals surface area (Å²) in [7, 11) is 0. The van der Waals surface area contributed by atoms with E-state index in [-0.39, 0.29) is 24.4 Å². The molecule has 0 aromatic carbocycles. The topological polar surface area (TPSA) is 58.7 Å². The third-order valence-electron chi connectivity index (χ3n) is 4.08. The van der Waals surface area contributed by atoms with Gasteiger partial charge in [-0.25, -0.2) is 0 Å². The average Bonchev–Trinajstić information content (AvgIpc) is 3.12. The number of ether oxygens (including phenoxy) is 6. The van der Waals surface area contributed by atoms with Crippen LogP contribution in [0.2, 0.25) is 0 Å². The molecule has 0 amide bonds. The van der Waals surface area contributed by atoms with Crippen LogP contribution in [0, 0.1) is 0 Å². The van der Waals surface area contributed by atoms with Crippen LogP contribution in [0.3, 0.4) is 0 Å². The molecular weight excluding hydrogens is 240 g/mol. The molecule has 0 spiro atoms. The van der Waals surface area contributed by atoms with Crippen LogP contribution >= 0.6 is 0 Å². The van der Waals surface area contributed by atoms with E-state index in [0.29, 0.717) is 39.6 Å². The van der Waals surface area contributed by atoms with E-state index in [1.807, 2.05) is 0 Å². The van der Waals surface area contributed by atoms with Gasteiger partial charge in [-0.2, -0.15) is 0 Å². The van der Waals surface area contributed by atoms with Crippen LogP contribution in [-0.4, -0.2) is 76.3 Å². The third-order valence-corrected chi connectivity index (χ3v) is 4.08. The Labute approximate surface area is 105 Å². The molecule has 4 saturated heterocycles. The predicted octanol–water partition coefficient (Wildman–Crippen LogP) is -0.646. The van der Waals surface area contributed by atoms with Gasteiger partial charge in [0, 0.05) is 0 Å². The fourth-order valence-electron chi connectivity index (χ4n) is 2.98. The van der Waals surface area contributed by atoms with Gasteiger partial charge >= 0.3 is 0 Å². The summed E-state index contributed by atoms with van der Waals surface area (Å²) in [5, 5.41) is 0. The Bertz CT molecular complexity index is 304. The normalized spacial score (nSPS) is 50.7. The zero-order chi connectivity index (χ0) is 12.0. The van der Waals surface area contributed by atoms with Crippen LogP contribution in [0.5, 0.6) is 0 Å². The molecule has 5 atom stereocenters. The zero-order valence-corrected chi connectivity index (χ0v) is 10.2. The minimum Gasteiger partial charge on any atom is -0.376 e. The van der Waals surface area contributed by atoms with Crippen molar-refractivity contribution in [3.05, 3.63) is 0 Å². The largest absolute Gasteiger partial charge is 0.376 e. The van der Waals surface area contributed by atoms with Gasteiger partial charge in [-0.05, 0) is 0 Å². The first-order valence-electron chi connectivity index (χ1n) is 6.56. The van der Waals surface area contributed by atoms with Crippen molar-refractivity contribution in [3.63, 3.8) is 0 Å². The first kappa shape index (κ1) is 11.6. The third kappa shape index (κ3) is 1.79. The van der Waals surface area contributed by atoms with Crippen molar-refractivity contribution < 1.29 is 28.4 Å². The Morgan fingerprint density at radius 1 is 1.06 bits per heavy atom. The Kier molecular flexibility index (Phi) is 2.83. The van der Waals surface area contributed by atoms with Crippen LogP contribution in [0.15, 0.2) is 0 Å². The molecule has 4 aliphatic heterocycles. The van der Waals surface area contributed by atoms with Gasteiger partial charge in [0.25, 0.3) is 0 Å². The lowest BCUT2D eigenvalue weighted by Gasteiger charge is -2.38. The summed E-state index contributed by atoms with van der Waals surface area (Å²) < 4.78 is 34.1. The van der Waals surface area contributed by atoms with Crippen molar-refractivity contribution in [1.29, 1.82) is 0 Å². The Hall–Kier alpha value is -0.240. The van der Waals surface area contributed by atoms with E-state index < -0.39 is 5.60 Å². The number of hydrogen-bond acceptors (Lipinski definition) is 6. The summed E-state index contributed by atoms with van der Waals surface area (Å²) in [5.41, 5.74) is -0.486. The van der Waals surface area contributed by atoms with Gasteiger partial charge in [-0.15, -0.1) is 0 Å². The highest BCUT2D eigenvalue weighted by molar-refractivity contribution is 5.10. The van der Waals surface area contributed by atoms with Gasteiger partial charge in [0.05, 0.1) is 46.2 Å². The Balaban J connectivity index is 1.48. The first-order chi connectivity index (χ1) is 8.88. The fourth-order valence-corrected chi connectivity index (χ4v) is 2.98.